The molecule has 0 saturated carbocycles. The Morgan fingerprint density at radius 1 is 1.27 bits per heavy atom. The molecular weight excluding hydrogens is 292 g/mol. The van der Waals surface area contributed by atoms with Gasteiger partial charge in [0.05, 0.1) is 0 Å². The number of allylic oxidation sites excluding steroid dienone is 1. The van der Waals surface area contributed by atoms with Crippen LogP contribution >= 0.6 is 12.2 Å². The number of hydrogen-bond donors (Lipinski definition) is 1. The highest BCUT2D eigenvalue weighted by molar-refractivity contribution is 7.80. The molecule has 0 atom stereocenters. The molecule has 1 saturated heterocycles. The van der Waals surface area contributed by atoms with Crippen LogP contribution in [0.5, 0.6) is 0 Å². The fraction of sp³-hybridized carbons (Fsp3) is 0.412. The lowest BCUT2D eigenvalue weighted by molar-refractivity contribution is 0.369. The van der Waals surface area contributed by atoms with Gasteiger partial charge in [-0.25, -0.2) is 0 Å². The Kier molecular flexibility index (Phi) is 5.40. The quantitative estimate of drug-likeness (QED) is 0.528. The number of nitriles is 1. The van der Waals surface area contributed by atoms with Crippen molar-refractivity contribution in [3.63, 3.8) is 0 Å². The second-order valence-corrected chi connectivity index (χ2v) is 6.04. The number of hydrogen-bond acceptors (Lipinski definition) is 4. The zero-order valence-electron chi connectivity index (χ0n) is 13.2. The van der Waals surface area contributed by atoms with Crippen LogP contribution in [-0.2, 0) is 0 Å². The lowest BCUT2D eigenvalue weighted by Gasteiger charge is -2.26. The molecule has 22 heavy (non-hydrogen) atoms. The SMILES string of the molecule is C/C(=C(\C#N)C(N)=S)N1CCCN(c2cccc(C)c2)CC1. The number of anilines is 1. The van der Waals surface area contributed by atoms with Crippen molar-refractivity contribution in [2.24, 2.45) is 5.73 Å². The van der Waals surface area contributed by atoms with E-state index in [9.17, 15) is 5.26 Å². The smallest absolute Gasteiger partial charge is 0.116 e. The molecular formula is C17H22N4S. The van der Waals surface area contributed by atoms with E-state index in [1.54, 1.807) is 0 Å². The first-order valence-corrected chi connectivity index (χ1v) is 7.91. The minimum atomic E-state index is 0.180. The van der Waals surface area contributed by atoms with Gasteiger partial charge in [-0.3, -0.25) is 0 Å². The van der Waals surface area contributed by atoms with E-state index in [0.29, 0.717) is 5.57 Å². The Morgan fingerprint density at radius 3 is 2.68 bits per heavy atom. The van der Waals surface area contributed by atoms with Crippen molar-refractivity contribution in [3.8, 4) is 6.07 Å². The standard InChI is InChI=1S/C17H22N4S/c1-13-5-3-6-15(11-13)21-8-4-7-20(9-10-21)14(2)16(12-18)17(19)22/h3,5-6,11H,4,7-10H2,1-2H3,(H2,19,22)/b16-14-. The highest BCUT2D eigenvalue weighted by atomic mass is 32.1. The number of benzene rings is 1. The van der Waals surface area contributed by atoms with Gasteiger partial charge in [-0.1, -0.05) is 24.4 Å². The number of aryl methyl sites for hydroxylation is 1. The number of rotatable bonds is 3. The molecule has 1 aromatic rings. The molecule has 4 nitrogen and oxygen atoms in total. The van der Waals surface area contributed by atoms with E-state index >= 15 is 0 Å². The molecule has 1 aliphatic heterocycles. The zero-order valence-corrected chi connectivity index (χ0v) is 14.0. The van der Waals surface area contributed by atoms with Gasteiger partial charge in [0.25, 0.3) is 0 Å². The molecule has 2 rings (SSSR count). The first kappa shape index (κ1) is 16.3. The fourth-order valence-corrected chi connectivity index (χ4v) is 3.00. The van der Waals surface area contributed by atoms with E-state index in [1.165, 1.54) is 11.3 Å². The molecule has 1 heterocycles. The lowest BCUT2D eigenvalue weighted by Crippen LogP contribution is -2.31. The maximum absolute atomic E-state index is 9.22. The minimum absolute atomic E-state index is 0.180. The lowest BCUT2D eigenvalue weighted by atomic mass is 10.2. The van der Waals surface area contributed by atoms with E-state index in [1.807, 2.05) is 6.92 Å². The average Bonchev–Trinajstić information content (AvgIpc) is 2.73. The maximum atomic E-state index is 9.22. The Balaban J connectivity index is 2.13. The number of thiocarbonyl (C=S) groups is 1. The minimum Gasteiger partial charge on any atom is -0.389 e. The molecule has 0 radical (unpaired) electrons. The normalized spacial score (nSPS) is 16.6. The molecule has 116 valence electrons. The van der Waals surface area contributed by atoms with Crippen LogP contribution in [0.1, 0.15) is 18.9 Å². The predicted molar refractivity (Wildman–Crippen MR) is 94.7 cm³/mol. The number of nitrogens with two attached hydrogens (primary N) is 1. The van der Waals surface area contributed by atoms with Crippen molar-refractivity contribution < 1.29 is 0 Å². The van der Waals surface area contributed by atoms with Crippen molar-refractivity contribution in [1.82, 2.24) is 4.90 Å². The average molecular weight is 314 g/mol. The Labute approximate surface area is 137 Å². The van der Waals surface area contributed by atoms with Crippen molar-refractivity contribution in [3.05, 3.63) is 41.1 Å². The highest BCUT2D eigenvalue weighted by Gasteiger charge is 2.18. The van der Waals surface area contributed by atoms with Crippen molar-refractivity contribution in [2.45, 2.75) is 20.3 Å². The van der Waals surface area contributed by atoms with Gasteiger partial charge in [0.15, 0.2) is 0 Å². The summed E-state index contributed by atoms with van der Waals surface area (Å²) in [4.78, 5) is 4.79. The van der Waals surface area contributed by atoms with Crippen LogP contribution in [-0.4, -0.2) is 36.1 Å². The summed E-state index contributed by atoms with van der Waals surface area (Å²) in [6.45, 7) is 7.77. The van der Waals surface area contributed by atoms with Gasteiger partial charge in [-0.2, -0.15) is 5.26 Å². The predicted octanol–water partition coefficient (Wildman–Crippen LogP) is 2.59. The van der Waals surface area contributed by atoms with Gasteiger partial charge in [-0.05, 0) is 38.0 Å². The molecule has 0 spiro atoms. The van der Waals surface area contributed by atoms with E-state index in [4.69, 9.17) is 18.0 Å². The summed E-state index contributed by atoms with van der Waals surface area (Å²) in [6.07, 6.45) is 1.04. The van der Waals surface area contributed by atoms with Crippen LogP contribution in [0.2, 0.25) is 0 Å². The summed E-state index contributed by atoms with van der Waals surface area (Å²) in [6, 6.07) is 10.7. The zero-order chi connectivity index (χ0) is 16.1. The van der Waals surface area contributed by atoms with Crippen molar-refractivity contribution in [1.29, 1.82) is 5.26 Å². The molecule has 2 N–H and O–H groups in total. The Bertz CT molecular complexity index is 630. The molecule has 1 aromatic carbocycles. The van der Waals surface area contributed by atoms with Gasteiger partial charge in [0.2, 0.25) is 0 Å². The largest absolute Gasteiger partial charge is 0.389 e. The van der Waals surface area contributed by atoms with E-state index < -0.39 is 0 Å². The fourth-order valence-electron chi connectivity index (χ4n) is 2.81. The number of nitrogens with zero attached hydrogens (tertiary/aromatic N) is 3. The molecule has 0 bridgehead atoms. The van der Waals surface area contributed by atoms with Crippen molar-refractivity contribution >= 4 is 22.9 Å². The van der Waals surface area contributed by atoms with Crippen LogP contribution in [0, 0.1) is 18.3 Å². The van der Waals surface area contributed by atoms with Gasteiger partial charge < -0.3 is 15.5 Å². The van der Waals surface area contributed by atoms with Crippen LogP contribution in [0.3, 0.4) is 0 Å². The van der Waals surface area contributed by atoms with Crippen LogP contribution < -0.4 is 10.6 Å². The molecule has 0 aromatic heterocycles. The Hall–Kier alpha value is -2.06. The second-order valence-electron chi connectivity index (χ2n) is 5.60. The molecule has 0 unspecified atom stereocenters. The molecule has 0 aliphatic carbocycles. The summed E-state index contributed by atoms with van der Waals surface area (Å²) in [5, 5.41) is 9.22. The summed E-state index contributed by atoms with van der Waals surface area (Å²) in [5.74, 6) is 0. The summed E-state index contributed by atoms with van der Waals surface area (Å²) < 4.78 is 0. The third-order valence-corrected chi connectivity index (χ3v) is 4.26. The van der Waals surface area contributed by atoms with Crippen LogP contribution in [0.4, 0.5) is 5.69 Å². The topological polar surface area (TPSA) is 56.3 Å². The Morgan fingerprint density at radius 2 is 2.05 bits per heavy atom. The molecule has 1 fully saturated rings. The van der Waals surface area contributed by atoms with Crippen LogP contribution in [0.25, 0.3) is 0 Å². The summed E-state index contributed by atoms with van der Waals surface area (Å²) in [7, 11) is 0. The maximum Gasteiger partial charge on any atom is 0.116 e. The first-order valence-electron chi connectivity index (χ1n) is 7.50. The monoisotopic (exact) mass is 314 g/mol. The van der Waals surface area contributed by atoms with Gasteiger partial charge in [-0.15, -0.1) is 0 Å². The van der Waals surface area contributed by atoms with E-state index in [0.717, 1.165) is 38.3 Å². The third kappa shape index (κ3) is 3.77. The van der Waals surface area contributed by atoms with E-state index in [-0.39, 0.29) is 4.99 Å². The van der Waals surface area contributed by atoms with Crippen LogP contribution in [0.15, 0.2) is 35.5 Å². The van der Waals surface area contributed by atoms with Crippen molar-refractivity contribution in [2.75, 3.05) is 31.1 Å². The summed E-state index contributed by atoms with van der Waals surface area (Å²) >= 11 is 4.97. The molecule has 5 heteroatoms. The first-order chi connectivity index (χ1) is 10.5. The third-order valence-electron chi connectivity index (χ3n) is 4.06. The molecule has 1 aliphatic rings. The second kappa shape index (κ2) is 7.28. The van der Waals surface area contributed by atoms with E-state index in [2.05, 4.69) is 47.1 Å². The van der Waals surface area contributed by atoms with Gasteiger partial charge in [0.1, 0.15) is 16.6 Å². The highest BCUT2D eigenvalue weighted by Crippen LogP contribution is 2.20. The molecule has 0 amide bonds. The van der Waals surface area contributed by atoms with Gasteiger partial charge >= 0.3 is 0 Å². The van der Waals surface area contributed by atoms with Gasteiger partial charge in [0, 0.05) is 37.6 Å². The summed E-state index contributed by atoms with van der Waals surface area (Å²) in [5.41, 5.74) is 9.50.